The van der Waals surface area contributed by atoms with Crippen LogP contribution in [0.1, 0.15) is 31.7 Å². The van der Waals surface area contributed by atoms with E-state index in [4.69, 9.17) is 4.74 Å². The van der Waals surface area contributed by atoms with Gasteiger partial charge in [-0.05, 0) is 31.9 Å². The topological polar surface area (TPSA) is 32.7 Å². The highest BCUT2D eigenvalue weighted by Crippen LogP contribution is 2.16. The minimum atomic E-state index is -0.385. The van der Waals surface area contributed by atoms with Crippen LogP contribution in [0.3, 0.4) is 0 Å². The van der Waals surface area contributed by atoms with Gasteiger partial charge in [0.2, 0.25) is 0 Å². The van der Waals surface area contributed by atoms with E-state index in [0.29, 0.717) is 19.3 Å². The summed E-state index contributed by atoms with van der Waals surface area (Å²) in [6, 6.07) is 10.7. The first kappa shape index (κ1) is 17.4. The summed E-state index contributed by atoms with van der Waals surface area (Å²) in [5.74, 6) is 0. The molecule has 114 valence electrons. The number of halogens is 1. The van der Waals surface area contributed by atoms with Gasteiger partial charge in [-0.3, -0.25) is 4.90 Å². The van der Waals surface area contributed by atoms with Gasteiger partial charge < -0.3 is 22.3 Å². The van der Waals surface area contributed by atoms with Crippen LogP contribution in [0.25, 0.3) is 0 Å². The monoisotopic (exact) mass is 298 g/mol. The van der Waals surface area contributed by atoms with Gasteiger partial charge in [0.05, 0.1) is 19.3 Å². The van der Waals surface area contributed by atoms with Crippen molar-refractivity contribution in [3.05, 3.63) is 35.9 Å². The molecule has 1 N–H and O–H groups in total. The molecule has 2 unspecified atom stereocenters. The summed E-state index contributed by atoms with van der Waals surface area (Å²) >= 11 is 0. The Morgan fingerprint density at radius 1 is 1.30 bits per heavy atom. The van der Waals surface area contributed by atoms with E-state index in [1.54, 1.807) is 0 Å². The Bertz CT molecular complexity index is 361. The maximum Gasteiger partial charge on any atom is 0.0900 e. The fourth-order valence-electron chi connectivity index (χ4n) is 2.64. The lowest BCUT2D eigenvalue weighted by atomic mass is 10.0. The Morgan fingerprint density at radius 2 is 2.05 bits per heavy atom. The third-order valence-electron chi connectivity index (χ3n) is 3.81. The lowest BCUT2D eigenvalue weighted by molar-refractivity contribution is -0.00140. The summed E-state index contributed by atoms with van der Waals surface area (Å²) in [4.78, 5) is 2.38. The Hall–Kier alpha value is -0.610. The fourth-order valence-corrected chi connectivity index (χ4v) is 2.64. The molecule has 20 heavy (non-hydrogen) atoms. The predicted octanol–water partition coefficient (Wildman–Crippen LogP) is -0.557. The number of rotatable bonds is 6. The van der Waals surface area contributed by atoms with Crippen LogP contribution in [0.2, 0.25) is 0 Å². The molecule has 2 rings (SSSR count). The first-order valence-electron chi connectivity index (χ1n) is 7.29. The number of nitrogens with zero attached hydrogens (tertiary/aromatic N) is 1. The molecule has 1 heterocycles. The smallest absolute Gasteiger partial charge is 0.0900 e. The number of aliphatic hydroxyl groups is 1. The molecular weight excluding hydrogens is 274 g/mol. The Balaban J connectivity index is 0.00000200. The van der Waals surface area contributed by atoms with Gasteiger partial charge in [0.15, 0.2) is 0 Å². The third kappa shape index (κ3) is 5.80. The van der Waals surface area contributed by atoms with Crippen molar-refractivity contribution in [2.45, 2.75) is 44.9 Å². The van der Waals surface area contributed by atoms with E-state index >= 15 is 0 Å². The summed E-state index contributed by atoms with van der Waals surface area (Å²) in [6.45, 7) is 5.08. The number of likely N-dealkylation sites (tertiary alicyclic amines) is 1. The van der Waals surface area contributed by atoms with Gasteiger partial charge in [-0.1, -0.05) is 36.8 Å². The van der Waals surface area contributed by atoms with Gasteiger partial charge >= 0.3 is 0 Å². The van der Waals surface area contributed by atoms with Gasteiger partial charge in [0.25, 0.3) is 0 Å². The van der Waals surface area contributed by atoms with E-state index in [1.807, 2.05) is 30.3 Å². The molecule has 0 aliphatic carbocycles. The van der Waals surface area contributed by atoms with Gasteiger partial charge in [0, 0.05) is 12.6 Å². The lowest BCUT2D eigenvalue weighted by Crippen LogP contribution is -3.00. The molecular formula is C16H25ClNO2-. The number of benzene rings is 1. The second kappa shape index (κ2) is 9.35. The van der Waals surface area contributed by atoms with E-state index in [0.717, 1.165) is 18.7 Å². The third-order valence-corrected chi connectivity index (χ3v) is 3.81. The highest BCUT2D eigenvalue weighted by atomic mass is 35.5. The summed E-state index contributed by atoms with van der Waals surface area (Å²) in [5, 5.41) is 10.0. The standard InChI is InChI=1S/C16H25NO2.ClH/c1-14-7-5-6-10-17(14)11-16(18)13-19-12-15-8-3-2-4-9-15;/h2-4,8-9,14,16,18H,5-7,10-13H2,1H3;1H/p-1. The van der Waals surface area contributed by atoms with Crippen molar-refractivity contribution in [2.75, 3.05) is 19.7 Å². The number of ether oxygens (including phenoxy) is 1. The molecule has 2 atom stereocenters. The SMILES string of the molecule is CC1CCCCN1CC(O)COCc1ccccc1.[Cl-]. The Kier molecular flexibility index (Phi) is 8.15. The molecule has 1 aromatic rings. The second-order valence-corrected chi connectivity index (χ2v) is 5.49. The van der Waals surface area contributed by atoms with Crippen LogP contribution >= 0.6 is 0 Å². The van der Waals surface area contributed by atoms with Crippen molar-refractivity contribution >= 4 is 0 Å². The van der Waals surface area contributed by atoms with Crippen LogP contribution in [-0.2, 0) is 11.3 Å². The van der Waals surface area contributed by atoms with Crippen molar-refractivity contribution in [1.82, 2.24) is 4.90 Å². The molecule has 3 nitrogen and oxygen atoms in total. The van der Waals surface area contributed by atoms with E-state index in [1.165, 1.54) is 19.3 Å². The molecule has 0 bridgehead atoms. The lowest BCUT2D eigenvalue weighted by Gasteiger charge is -2.34. The van der Waals surface area contributed by atoms with Crippen LogP contribution in [0.15, 0.2) is 30.3 Å². The average Bonchev–Trinajstić information content (AvgIpc) is 2.43. The minimum absolute atomic E-state index is 0. The fraction of sp³-hybridized carbons (Fsp3) is 0.625. The molecule has 0 amide bonds. The Morgan fingerprint density at radius 3 is 2.75 bits per heavy atom. The van der Waals surface area contributed by atoms with Crippen LogP contribution in [0.5, 0.6) is 0 Å². The maximum absolute atomic E-state index is 10.0. The highest BCUT2D eigenvalue weighted by molar-refractivity contribution is 5.13. The van der Waals surface area contributed by atoms with Crippen LogP contribution < -0.4 is 12.4 Å². The van der Waals surface area contributed by atoms with Gasteiger partial charge in [-0.2, -0.15) is 0 Å². The van der Waals surface area contributed by atoms with Crippen molar-refractivity contribution < 1.29 is 22.3 Å². The first-order valence-corrected chi connectivity index (χ1v) is 7.29. The zero-order chi connectivity index (χ0) is 13.5. The molecule has 1 fully saturated rings. The van der Waals surface area contributed by atoms with Gasteiger partial charge in [-0.15, -0.1) is 0 Å². The number of β-amino-alcohol motifs (C(OH)–C–C–N with tert-alkyl or cyclic N) is 1. The number of piperidine rings is 1. The predicted molar refractivity (Wildman–Crippen MR) is 77.0 cm³/mol. The molecule has 0 spiro atoms. The van der Waals surface area contributed by atoms with Gasteiger partial charge in [-0.25, -0.2) is 0 Å². The molecule has 0 aromatic heterocycles. The van der Waals surface area contributed by atoms with Crippen LogP contribution in [0.4, 0.5) is 0 Å². The normalized spacial score (nSPS) is 21.2. The molecule has 0 radical (unpaired) electrons. The van der Waals surface area contributed by atoms with Crippen molar-refractivity contribution in [3.63, 3.8) is 0 Å². The van der Waals surface area contributed by atoms with E-state index in [2.05, 4.69) is 11.8 Å². The first-order chi connectivity index (χ1) is 9.25. The second-order valence-electron chi connectivity index (χ2n) is 5.49. The number of aliphatic hydroxyl groups excluding tert-OH is 1. The quantitative estimate of drug-likeness (QED) is 0.764. The van der Waals surface area contributed by atoms with Crippen LogP contribution in [0, 0.1) is 0 Å². The summed E-state index contributed by atoms with van der Waals surface area (Å²) < 4.78 is 5.58. The molecule has 1 aliphatic rings. The molecule has 4 heteroatoms. The maximum atomic E-state index is 10.0. The molecule has 1 saturated heterocycles. The summed E-state index contributed by atoms with van der Waals surface area (Å²) in [5.41, 5.74) is 1.15. The van der Waals surface area contributed by atoms with E-state index in [-0.39, 0.29) is 18.5 Å². The van der Waals surface area contributed by atoms with Gasteiger partial charge in [0.1, 0.15) is 0 Å². The van der Waals surface area contributed by atoms with E-state index in [9.17, 15) is 5.11 Å². The van der Waals surface area contributed by atoms with Crippen molar-refractivity contribution in [2.24, 2.45) is 0 Å². The molecule has 1 aromatic carbocycles. The van der Waals surface area contributed by atoms with Crippen LogP contribution in [-0.4, -0.2) is 41.8 Å². The zero-order valence-electron chi connectivity index (χ0n) is 12.2. The Labute approximate surface area is 128 Å². The largest absolute Gasteiger partial charge is 1.00 e. The number of hydrogen-bond acceptors (Lipinski definition) is 3. The number of hydrogen-bond donors (Lipinski definition) is 1. The highest BCUT2D eigenvalue weighted by Gasteiger charge is 2.20. The summed E-state index contributed by atoms with van der Waals surface area (Å²) in [7, 11) is 0. The van der Waals surface area contributed by atoms with E-state index < -0.39 is 0 Å². The average molecular weight is 299 g/mol. The molecule has 1 aliphatic heterocycles. The molecule has 0 saturated carbocycles. The van der Waals surface area contributed by atoms with Crippen molar-refractivity contribution in [1.29, 1.82) is 0 Å². The zero-order valence-corrected chi connectivity index (χ0v) is 12.9. The minimum Gasteiger partial charge on any atom is -1.00 e. The summed E-state index contributed by atoms with van der Waals surface area (Å²) in [6.07, 6.45) is 3.43. The van der Waals surface area contributed by atoms with Crippen molar-refractivity contribution in [3.8, 4) is 0 Å².